The van der Waals surface area contributed by atoms with Gasteiger partial charge in [0, 0.05) is 12.8 Å². The van der Waals surface area contributed by atoms with Gasteiger partial charge in [-0.25, -0.2) is 0 Å². The van der Waals surface area contributed by atoms with Crippen LogP contribution in [0, 0.1) is 5.92 Å². The van der Waals surface area contributed by atoms with Crippen molar-refractivity contribution in [3.63, 3.8) is 0 Å². The van der Waals surface area contributed by atoms with Crippen LogP contribution in [0.25, 0.3) is 0 Å². The molecule has 1 aromatic carbocycles. The van der Waals surface area contributed by atoms with Gasteiger partial charge in [-0.05, 0) is 23.6 Å². The summed E-state index contributed by atoms with van der Waals surface area (Å²) in [7, 11) is 0. The Morgan fingerprint density at radius 1 is 1.18 bits per heavy atom. The quantitative estimate of drug-likeness (QED) is 0.845. The first-order chi connectivity index (χ1) is 10.1. The summed E-state index contributed by atoms with van der Waals surface area (Å²) >= 11 is 0. The maximum Gasteiger partial charge on any atom is 0.416 e. The van der Waals surface area contributed by atoms with Crippen molar-refractivity contribution in [1.29, 1.82) is 0 Å². The highest BCUT2D eigenvalue weighted by Crippen LogP contribution is 2.29. The predicted molar refractivity (Wildman–Crippen MR) is 75.7 cm³/mol. The lowest BCUT2D eigenvalue weighted by Crippen LogP contribution is -2.46. The summed E-state index contributed by atoms with van der Waals surface area (Å²) in [6.45, 7) is 3.71. The van der Waals surface area contributed by atoms with Crippen LogP contribution < -0.4 is 11.1 Å². The van der Waals surface area contributed by atoms with E-state index in [4.69, 9.17) is 5.73 Å². The van der Waals surface area contributed by atoms with Crippen molar-refractivity contribution in [3.05, 3.63) is 35.4 Å². The lowest BCUT2D eigenvalue weighted by molar-refractivity contribution is -0.137. The Morgan fingerprint density at radius 2 is 1.73 bits per heavy atom. The average molecular weight is 316 g/mol. The monoisotopic (exact) mass is 316 g/mol. The maximum atomic E-state index is 12.5. The van der Waals surface area contributed by atoms with Crippen LogP contribution in [0.5, 0.6) is 0 Å². The summed E-state index contributed by atoms with van der Waals surface area (Å²) in [6, 6.07) is 3.47. The third kappa shape index (κ3) is 5.75. The van der Waals surface area contributed by atoms with E-state index in [1.54, 1.807) is 0 Å². The molecular weight excluding hydrogens is 297 g/mol. The molecule has 0 aliphatic carbocycles. The minimum Gasteiger partial charge on any atom is -0.368 e. The van der Waals surface area contributed by atoms with Crippen LogP contribution in [0.2, 0.25) is 0 Å². The maximum absolute atomic E-state index is 12.5. The van der Waals surface area contributed by atoms with Gasteiger partial charge in [0.1, 0.15) is 6.04 Å². The largest absolute Gasteiger partial charge is 0.416 e. The van der Waals surface area contributed by atoms with Crippen molar-refractivity contribution in [3.8, 4) is 0 Å². The standard InChI is InChI=1S/C15H19F3N2O2/c1-9(2)7-13(21)20-12(14(19)22)8-10-3-5-11(6-4-10)15(16,17)18/h3-6,9,12H,7-8H2,1-2H3,(H2,19,22)(H,20,21)/t12-/m1/s1. The van der Waals surface area contributed by atoms with Crippen molar-refractivity contribution >= 4 is 11.8 Å². The van der Waals surface area contributed by atoms with E-state index in [0.29, 0.717) is 5.56 Å². The molecule has 1 aromatic rings. The van der Waals surface area contributed by atoms with Crippen molar-refractivity contribution in [2.75, 3.05) is 0 Å². The Balaban J connectivity index is 2.75. The lowest BCUT2D eigenvalue weighted by atomic mass is 10.0. The minimum atomic E-state index is -4.41. The fraction of sp³-hybridized carbons (Fsp3) is 0.467. The molecule has 2 amide bonds. The van der Waals surface area contributed by atoms with Crippen LogP contribution in [-0.4, -0.2) is 17.9 Å². The zero-order valence-corrected chi connectivity index (χ0v) is 12.4. The number of amides is 2. The Labute approximate surface area is 126 Å². The van der Waals surface area contributed by atoms with E-state index in [0.717, 1.165) is 12.1 Å². The number of alkyl halides is 3. The first-order valence-corrected chi connectivity index (χ1v) is 6.84. The van der Waals surface area contributed by atoms with E-state index in [1.807, 2.05) is 13.8 Å². The number of primary amides is 1. The van der Waals surface area contributed by atoms with Gasteiger partial charge in [-0.2, -0.15) is 13.2 Å². The summed E-state index contributed by atoms with van der Waals surface area (Å²) in [5, 5.41) is 2.51. The van der Waals surface area contributed by atoms with Crippen LogP contribution in [0.15, 0.2) is 24.3 Å². The summed E-state index contributed by atoms with van der Waals surface area (Å²) in [4.78, 5) is 23.1. The molecule has 3 N–H and O–H groups in total. The van der Waals surface area contributed by atoms with Gasteiger partial charge in [0.05, 0.1) is 5.56 Å². The third-order valence-corrected chi connectivity index (χ3v) is 2.99. The van der Waals surface area contributed by atoms with E-state index < -0.39 is 23.7 Å². The smallest absolute Gasteiger partial charge is 0.368 e. The van der Waals surface area contributed by atoms with Crippen LogP contribution in [-0.2, 0) is 22.2 Å². The third-order valence-electron chi connectivity index (χ3n) is 2.99. The number of carbonyl (C=O) groups excluding carboxylic acids is 2. The lowest BCUT2D eigenvalue weighted by Gasteiger charge is -2.17. The minimum absolute atomic E-state index is 0.0529. The Bertz CT molecular complexity index is 525. The summed E-state index contributed by atoms with van der Waals surface area (Å²) in [6.07, 6.45) is -4.11. The highest BCUT2D eigenvalue weighted by atomic mass is 19.4. The van der Waals surface area contributed by atoms with E-state index in [1.165, 1.54) is 12.1 Å². The van der Waals surface area contributed by atoms with Gasteiger partial charge in [0.25, 0.3) is 0 Å². The number of nitrogens with one attached hydrogen (secondary N) is 1. The molecule has 0 spiro atoms. The van der Waals surface area contributed by atoms with Crippen LogP contribution in [0.4, 0.5) is 13.2 Å². The van der Waals surface area contributed by atoms with Crippen molar-refractivity contribution < 1.29 is 22.8 Å². The van der Waals surface area contributed by atoms with Gasteiger partial charge in [-0.3, -0.25) is 9.59 Å². The molecule has 0 unspecified atom stereocenters. The van der Waals surface area contributed by atoms with E-state index in [9.17, 15) is 22.8 Å². The van der Waals surface area contributed by atoms with Gasteiger partial charge in [-0.15, -0.1) is 0 Å². The van der Waals surface area contributed by atoms with Gasteiger partial charge in [0.15, 0.2) is 0 Å². The number of hydrogen-bond donors (Lipinski definition) is 2. The van der Waals surface area contributed by atoms with E-state index in [2.05, 4.69) is 5.32 Å². The summed E-state index contributed by atoms with van der Waals surface area (Å²) in [5.41, 5.74) is 4.95. The molecule has 22 heavy (non-hydrogen) atoms. The summed E-state index contributed by atoms with van der Waals surface area (Å²) < 4.78 is 37.4. The van der Waals surface area contributed by atoms with Gasteiger partial charge < -0.3 is 11.1 Å². The zero-order valence-electron chi connectivity index (χ0n) is 12.4. The molecule has 0 heterocycles. The molecule has 0 radical (unpaired) electrons. The van der Waals surface area contributed by atoms with Crippen molar-refractivity contribution in [1.82, 2.24) is 5.32 Å². The SMILES string of the molecule is CC(C)CC(=O)N[C@H](Cc1ccc(C(F)(F)F)cc1)C(N)=O. The molecule has 1 rings (SSSR count). The molecule has 122 valence electrons. The molecule has 0 saturated carbocycles. The van der Waals surface area contributed by atoms with Gasteiger partial charge in [0.2, 0.25) is 11.8 Å². The fourth-order valence-electron chi connectivity index (χ4n) is 1.91. The molecule has 0 aliphatic rings. The fourth-order valence-corrected chi connectivity index (χ4v) is 1.91. The number of hydrogen-bond acceptors (Lipinski definition) is 2. The number of rotatable bonds is 6. The van der Waals surface area contributed by atoms with E-state index in [-0.39, 0.29) is 24.7 Å². The predicted octanol–water partition coefficient (Wildman–Crippen LogP) is 2.26. The number of benzene rings is 1. The van der Waals surface area contributed by atoms with Crippen molar-refractivity contribution in [2.45, 2.75) is 38.9 Å². The Morgan fingerprint density at radius 3 is 2.14 bits per heavy atom. The summed E-state index contributed by atoms with van der Waals surface area (Å²) in [5.74, 6) is -0.915. The first kappa shape index (κ1) is 18.0. The van der Waals surface area contributed by atoms with Crippen LogP contribution in [0.3, 0.4) is 0 Å². The molecule has 0 bridgehead atoms. The van der Waals surface area contributed by atoms with Crippen LogP contribution in [0.1, 0.15) is 31.4 Å². The normalized spacial score (nSPS) is 13.0. The average Bonchev–Trinajstić information content (AvgIpc) is 2.36. The van der Waals surface area contributed by atoms with Crippen molar-refractivity contribution in [2.24, 2.45) is 11.7 Å². The first-order valence-electron chi connectivity index (χ1n) is 6.84. The molecule has 0 fully saturated rings. The molecule has 1 atom stereocenters. The van der Waals surface area contributed by atoms with E-state index >= 15 is 0 Å². The van der Waals surface area contributed by atoms with Gasteiger partial charge >= 0.3 is 6.18 Å². The highest BCUT2D eigenvalue weighted by molar-refractivity contribution is 5.86. The highest BCUT2D eigenvalue weighted by Gasteiger charge is 2.30. The second-order valence-electron chi connectivity index (χ2n) is 5.52. The molecule has 0 aromatic heterocycles. The second-order valence-corrected chi connectivity index (χ2v) is 5.52. The molecule has 4 nitrogen and oxygen atoms in total. The number of nitrogens with two attached hydrogens (primary N) is 1. The Hall–Kier alpha value is -2.05. The second kappa shape index (κ2) is 7.29. The zero-order chi connectivity index (χ0) is 16.9. The van der Waals surface area contributed by atoms with Crippen LogP contribution >= 0.6 is 0 Å². The topological polar surface area (TPSA) is 72.2 Å². The number of halogens is 3. The van der Waals surface area contributed by atoms with Gasteiger partial charge in [-0.1, -0.05) is 26.0 Å². The molecule has 0 aliphatic heterocycles. The molecule has 0 saturated heterocycles. The molecule has 7 heteroatoms. The Kier molecular flexibility index (Phi) is 5.96. The number of carbonyl (C=O) groups is 2. The molecular formula is C15H19F3N2O2.